The van der Waals surface area contributed by atoms with Gasteiger partial charge in [-0.2, -0.15) is 5.26 Å². The SMILES string of the molecule is N#Cc1ccc(NCCNC(=O)Cc2cccc(F)c2)cc1Cl. The third-order valence-electron chi connectivity index (χ3n) is 3.12. The molecule has 0 saturated carbocycles. The summed E-state index contributed by atoms with van der Waals surface area (Å²) >= 11 is 5.93. The van der Waals surface area contributed by atoms with Crippen molar-refractivity contribution in [1.82, 2.24) is 5.32 Å². The molecule has 0 aliphatic rings. The van der Waals surface area contributed by atoms with Crippen LogP contribution in [0.1, 0.15) is 11.1 Å². The highest BCUT2D eigenvalue weighted by atomic mass is 35.5. The van der Waals surface area contributed by atoms with Crippen LogP contribution in [0.15, 0.2) is 42.5 Å². The van der Waals surface area contributed by atoms with Crippen LogP contribution in [0.5, 0.6) is 0 Å². The van der Waals surface area contributed by atoms with Gasteiger partial charge < -0.3 is 10.6 Å². The van der Waals surface area contributed by atoms with Gasteiger partial charge in [0.15, 0.2) is 0 Å². The van der Waals surface area contributed by atoms with Gasteiger partial charge in [0.05, 0.1) is 17.0 Å². The highest BCUT2D eigenvalue weighted by molar-refractivity contribution is 6.32. The fourth-order valence-corrected chi connectivity index (χ4v) is 2.24. The Bertz CT molecular complexity index is 743. The third kappa shape index (κ3) is 5.28. The number of carbonyl (C=O) groups excluding carboxylic acids is 1. The number of carbonyl (C=O) groups is 1. The second-order valence-corrected chi connectivity index (χ2v) is 5.30. The van der Waals surface area contributed by atoms with Gasteiger partial charge in [-0.1, -0.05) is 23.7 Å². The van der Waals surface area contributed by atoms with E-state index in [9.17, 15) is 9.18 Å². The maximum atomic E-state index is 13.0. The van der Waals surface area contributed by atoms with Gasteiger partial charge in [0.25, 0.3) is 0 Å². The lowest BCUT2D eigenvalue weighted by atomic mass is 10.1. The zero-order valence-electron chi connectivity index (χ0n) is 12.3. The number of hydrogen-bond donors (Lipinski definition) is 2. The van der Waals surface area contributed by atoms with Crippen molar-refractivity contribution in [2.24, 2.45) is 0 Å². The van der Waals surface area contributed by atoms with Gasteiger partial charge in [-0.05, 0) is 35.9 Å². The van der Waals surface area contributed by atoms with Gasteiger partial charge in [0, 0.05) is 18.8 Å². The van der Waals surface area contributed by atoms with Crippen molar-refractivity contribution in [2.75, 3.05) is 18.4 Å². The van der Waals surface area contributed by atoms with E-state index in [1.807, 2.05) is 6.07 Å². The zero-order valence-corrected chi connectivity index (χ0v) is 13.0. The first kappa shape index (κ1) is 16.8. The lowest BCUT2D eigenvalue weighted by Crippen LogP contribution is -2.30. The first-order chi connectivity index (χ1) is 11.1. The van der Waals surface area contributed by atoms with Crippen LogP contribution in [0.3, 0.4) is 0 Å². The minimum Gasteiger partial charge on any atom is -0.383 e. The summed E-state index contributed by atoms with van der Waals surface area (Å²) in [6.45, 7) is 0.933. The van der Waals surface area contributed by atoms with Crippen LogP contribution in [0.25, 0.3) is 0 Å². The lowest BCUT2D eigenvalue weighted by molar-refractivity contribution is -0.120. The summed E-state index contributed by atoms with van der Waals surface area (Å²) in [5.74, 6) is -0.523. The smallest absolute Gasteiger partial charge is 0.224 e. The average molecular weight is 332 g/mol. The minimum absolute atomic E-state index is 0.139. The molecule has 0 bridgehead atoms. The molecule has 1 amide bonds. The van der Waals surface area contributed by atoms with Crippen LogP contribution >= 0.6 is 11.6 Å². The van der Waals surface area contributed by atoms with Gasteiger partial charge in [0.1, 0.15) is 11.9 Å². The van der Waals surface area contributed by atoms with E-state index in [1.54, 1.807) is 30.3 Å². The van der Waals surface area contributed by atoms with Crippen LogP contribution < -0.4 is 10.6 Å². The lowest BCUT2D eigenvalue weighted by Gasteiger charge is -2.09. The number of hydrogen-bond acceptors (Lipinski definition) is 3. The highest BCUT2D eigenvalue weighted by Gasteiger charge is 2.04. The Morgan fingerprint density at radius 3 is 2.74 bits per heavy atom. The van der Waals surface area contributed by atoms with Crippen molar-refractivity contribution in [3.05, 3.63) is 64.4 Å². The van der Waals surface area contributed by atoms with Crippen molar-refractivity contribution in [3.8, 4) is 6.07 Å². The van der Waals surface area contributed by atoms with Gasteiger partial charge in [-0.3, -0.25) is 4.79 Å². The molecule has 0 aliphatic carbocycles. The molecular formula is C17H15ClFN3O. The molecule has 2 rings (SSSR count). The quantitative estimate of drug-likeness (QED) is 0.799. The molecule has 0 spiro atoms. The van der Waals surface area contributed by atoms with Crippen LogP contribution in [0.2, 0.25) is 5.02 Å². The maximum Gasteiger partial charge on any atom is 0.224 e. The predicted octanol–water partition coefficient (Wildman–Crippen LogP) is 3.12. The molecule has 6 heteroatoms. The van der Waals surface area contributed by atoms with E-state index in [2.05, 4.69) is 10.6 Å². The van der Waals surface area contributed by atoms with Crippen LogP contribution in [-0.4, -0.2) is 19.0 Å². The van der Waals surface area contributed by atoms with Gasteiger partial charge >= 0.3 is 0 Å². The van der Waals surface area contributed by atoms with Crippen LogP contribution in [-0.2, 0) is 11.2 Å². The molecule has 23 heavy (non-hydrogen) atoms. The molecule has 2 aromatic rings. The summed E-state index contributed by atoms with van der Waals surface area (Å²) in [6.07, 6.45) is 0.139. The summed E-state index contributed by atoms with van der Waals surface area (Å²) in [5, 5.41) is 15.0. The molecule has 0 fully saturated rings. The third-order valence-corrected chi connectivity index (χ3v) is 3.43. The standard InChI is InChI=1S/C17H15ClFN3O/c18-16-10-15(5-4-13(16)11-20)21-6-7-22-17(23)9-12-2-1-3-14(19)8-12/h1-5,8,10,21H,6-7,9H2,(H,22,23). The Labute approximate surface area is 138 Å². The van der Waals surface area contributed by atoms with E-state index in [-0.39, 0.29) is 18.1 Å². The van der Waals surface area contributed by atoms with Crippen LogP contribution in [0.4, 0.5) is 10.1 Å². The maximum absolute atomic E-state index is 13.0. The Morgan fingerprint density at radius 2 is 2.04 bits per heavy atom. The summed E-state index contributed by atoms with van der Waals surface area (Å²) in [7, 11) is 0. The summed E-state index contributed by atoms with van der Waals surface area (Å²) in [5.41, 5.74) is 1.82. The van der Waals surface area contributed by atoms with Gasteiger partial charge in [-0.15, -0.1) is 0 Å². The molecule has 0 saturated heterocycles. The van der Waals surface area contributed by atoms with E-state index in [1.165, 1.54) is 12.1 Å². The first-order valence-corrected chi connectivity index (χ1v) is 7.41. The van der Waals surface area contributed by atoms with Crippen molar-refractivity contribution in [3.63, 3.8) is 0 Å². The Morgan fingerprint density at radius 1 is 1.22 bits per heavy atom. The molecule has 2 aromatic carbocycles. The molecule has 0 aliphatic heterocycles. The topological polar surface area (TPSA) is 64.9 Å². The molecule has 118 valence electrons. The fraction of sp³-hybridized carbons (Fsp3) is 0.176. The highest BCUT2D eigenvalue weighted by Crippen LogP contribution is 2.19. The molecule has 2 N–H and O–H groups in total. The van der Waals surface area contributed by atoms with Gasteiger partial charge in [0.2, 0.25) is 5.91 Å². The second kappa shape index (κ2) is 8.16. The second-order valence-electron chi connectivity index (χ2n) is 4.89. The van der Waals surface area contributed by atoms with E-state index in [0.717, 1.165) is 5.69 Å². The summed E-state index contributed by atoms with van der Waals surface area (Å²) < 4.78 is 13.0. The molecule has 0 radical (unpaired) electrons. The number of amides is 1. The Kier molecular flexibility index (Phi) is 5.95. The zero-order chi connectivity index (χ0) is 16.7. The Hall–Kier alpha value is -2.58. The predicted molar refractivity (Wildman–Crippen MR) is 87.8 cm³/mol. The average Bonchev–Trinajstić information content (AvgIpc) is 2.52. The molecule has 0 heterocycles. The molecule has 0 atom stereocenters. The van der Waals surface area contributed by atoms with Crippen molar-refractivity contribution in [2.45, 2.75) is 6.42 Å². The van der Waals surface area contributed by atoms with Crippen molar-refractivity contribution in [1.29, 1.82) is 5.26 Å². The molecular weight excluding hydrogens is 317 g/mol. The number of benzene rings is 2. The van der Waals surface area contributed by atoms with E-state index in [0.29, 0.717) is 29.2 Å². The molecule has 0 unspecified atom stereocenters. The van der Waals surface area contributed by atoms with Crippen molar-refractivity contribution < 1.29 is 9.18 Å². The number of anilines is 1. The van der Waals surface area contributed by atoms with E-state index in [4.69, 9.17) is 16.9 Å². The first-order valence-electron chi connectivity index (χ1n) is 7.03. The van der Waals surface area contributed by atoms with E-state index < -0.39 is 0 Å². The number of halogens is 2. The largest absolute Gasteiger partial charge is 0.383 e. The fourth-order valence-electron chi connectivity index (χ4n) is 2.02. The number of nitriles is 1. The Balaban J connectivity index is 1.74. The molecule has 0 aromatic heterocycles. The normalized spacial score (nSPS) is 9.96. The summed E-state index contributed by atoms with van der Waals surface area (Å²) in [6, 6.07) is 13.0. The molecule has 4 nitrogen and oxygen atoms in total. The number of rotatable bonds is 6. The number of nitrogens with one attached hydrogen (secondary N) is 2. The number of nitrogens with zero attached hydrogens (tertiary/aromatic N) is 1. The van der Waals surface area contributed by atoms with E-state index >= 15 is 0 Å². The summed E-state index contributed by atoms with van der Waals surface area (Å²) in [4.78, 5) is 11.8. The van der Waals surface area contributed by atoms with Crippen molar-refractivity contribution >= 4 is 23.2 Å². The minimum atomic E-state index is -0.352. The van der Waals surface area contributed by atoms with Crippen LogP contribution in [0, 0.1) is 17.1 Å². The van der Waals surface area contributed by atoms with Gasteiger partial charge in [-0.25, -0.2) is 4.39 Å². The monoisotopic (exact) mass is 331 g/mol.